The van der Waals surface area contributed by atoms with Gasteiger partial charge in [-0.1, -0.05) is 17.8 Å². The monoisotopic (exact) mass is 408 g/mol. The summed E-state index contributed by atoms with van der Waals surface area (Å²) in [7, 11) is 1.63. The Bertz CT molecular complexity index is 854. The van der Waals surface area contributed by atoms with Crippen LogP contribution < -0.4 is 10.6 Å². The summed E-state index contributed by atoms with van der Waals surface area (Å²) in [6.45, 7) is 0. The Morgan fingerprint density at radius 2 is 1.96 bits per heavy atom. The molecule has 0 bridgehead atoms. The highest BCUT2D eigenvalue weighted by Gasteiger charge is 2.12. The molecule has 0 saturated carbocycles. The van der Waals surface area contributed by atoms with Crippen molar-refractivity contribution in [1.82, 2.24) is 14.9 Å². The van der Waals surface area contributed by atoms with E-state index in [2.05, 4.69) is 26.1 Å². The largest absolute Gasteiger partial charge is 0.496 e. The maximum absolute atomic E-state index is 13.0. The molecule has 0 fully saturated rings. The van der Waals surface area contributed by atoms with Gasteiger partial charge in [-0.2, -0.15) is 0 Å². The normalized spacial score (nSPS) is 10.8. The number of rotatable bonds is 5. The van der Waals surface area contributed by atoms with E-state index in [0.717, 1.165) is 15.8 Å². The second-order valence-corrected chi connectivity index (χ2v) is 6.74. The van der Waals surface area contributed by atoms with Crippen LogP contribution in [-0.4, -0.2) is 22.0 Å². The van der Waals surface area contributed by atoms with Crippen molar-refractivity contribution in [1.29, 1.82) is 0 Å². The first-order valence-corrected chi connectivity index (χ1v) is 8.78. The van der Waals surface area contributed by atoms with Gasteiger partial charge in [0.1, 0.15) is 11.6 Å². The van der Waals surface area contributed by atoms with E-state index in [0.29, 0.717) is 22.3 Å². The molecule has 3 rings (SSSR count). The molecule has 2 aromatic carbocycles. The van der Waals surface area contributed by atoms with E-state index >= 15 is 0 Å². The van der Waals surface area contributed by atoms with Gasteiger partial charge in [0.25, 0.3) is 0 Å². The molecule has 5 nitrogen and oxygen atoms in total. The van der Waals surface area contributed by atoms with E-state index in [1.807, 2.05) is 18.2 Å². The van der Waals surface area contributed by atoms with E-state index in [1.54, 1.807) is 19.2 Å². The number of benzene rings is 2. The first-order chi connectivity index (χ1) is 11.6. The molecule has 3 aromatic rings. The van der Waals surface area contributed by atoms with E-state index in [9.17, 15) is 4.39 Å². The number of hydrogen-bond donors (Lipinski definition) is 1. The molecule has 24 heavy (non-hydrogen) atoms. The first-order valence-electron chi connectivity index (χ1n) is 7.00. The zero-order chi connectivity index (χ0) is 17.1. The van der Waals surface area contributed by atoms with Crippen molar-refractivity contribution in [3.63, 3.8) is 0 Å². The van der Waals surface area contributed by atoms with E-state index in [4.69, 9.17) is 10.6 Å². The molecule has 0 aliphatic rings. The maximum atomic E-state index is 13.0. The van der Waals surface area contributed by atoms with Gasteiger partial charge >= 0.3 is 0 Å². The van der Waals surface area contributed by atoms with Crippen LogP contribution in [0.2, 0.25) is 0 Å². The fourth-order valence-electron chi connectivity index (χ4n) is 2.12. The summed E-state index contributed by atoms with van der Waals surface area (Å²) in [6, 6.07) is 11.8. The average molecular weight is 409 g/mol. The summed E-state index contributed by atoms with van der Waals surface area (Å²) in [5.41, 5.74) is 1.81. The minimum atomic E-state index is -0.304. The van der Waals surface area contributed by atoms with E-state index in [-0.39, 0.29) is 5.82 Å². The van der Waals surface area contributed by atoms with Crippen LogP contribution in [0.25, 0.3) is 11.4 Å². The lowest BCUT2D eigenvalue weighted by Gasteiger charge is -2.06. The average Bonchev–Trinajstić information content (AvgIpc) is 2.95. The van der Waals surface area contributed by atoms with Gasteiger partial charge in [-0.25, -0.2) is 9.07 Å². The number of nitrogens with two attached hydrogens (primary N) is 1. The Hall–Kier alpha value is -2.06. The zero-order valence-corrected chi connectivity index (χ0v) is 15.1. The molecule has 0 spiro atoms. The summed E-state index contributed by atoms with van der Waals surface area (Å²) >= 11 is 4.94. The highest BCUT2D eigenvalue weighted by atomic mass is 79.9. The second-order valence-electron chi connectivity index (χ2n) is 4.94. The molecular formula is C16H14BrFN4OS. The summed E-state index contributed by atoms with van der Waals surface area (Å²) in [6.07, 6.45) is 0. The number of nitrogens with zero attached hydrogens (tertiary/aromatic N) is 3. The van der Waals surface area contributed by atoms with Crippen LogP contribution in [0.4, 0.5) is 4.39 Å². The van der Waals surface area contributed by atoms with Crippen molar-refractivity contribution in [2.75, 3.05) is 13.0 Å². The SMILES string of the molecule is COc1ccc(CSc2nnc(-c3ccc(F)cc3)n2N)cc1Br. The molecule has 0 radical (unpaired) electrons. The second kappa shape index (κ2) is 7.23. The summed E-state index contributed by atoms with van der Waals surface area (Å²) < 4.78 is 20.5. The Morgan fingerprint density at radius 3 is 2.62 bits per heavy atom. The fourth-order valence-corrected chi connectivity index (χ4v) is 3.51. The summed E-state index contributed by atoms with van der Waals surface area (Å²) in [5.74, 6) is 7.71. The van der Waals surface area contributed by atoms with Gasteiger partial charge in [0.05, 0.1) is 11.6 Å². The van der Waals surface area contributed by atoms with Crippen molar-refractivity contribution in [3.05, 3.63) is 58.3 Å². The Balaban J connectivity index is 1.75. The number of aromatic nitrogens is 3. The minimum Gasteiger partial charge on any atom is -0.496 e. The number of thioether (sulfide) groups is 1. The molecule has 0 atom stereocenters. The molecule has 2 N–H and O–H groups in total. The molecule has 0 unspecified atom stereocenters. The van der Waals surface area contributed by atoms with Crippen molar-refractivity contribution >= 4 is 27.7 Å². The molecule has 0 amide bonds. The van der Waals surface area contributed by atoms with Crippen molar-refractivity contribution in [3.8, 4) is 17.1 Å². The van der Waals surface area contributed by atoms with E-state index in [1.165, 1.54) is 28.6 Å². The van der Waals surface area contributed by atoms with E-state index < -0.39 is 0 Å². The van der Waals surface area contributed by atoms with Gasteiger partial charge < -0.3 is 10.6 Å². The number of hydrogen-bond acceptors (Lipinski definition) is 5. The van der Waals surface area contributed by atoms with Crippen LogP contribution in [0.1, 0.15) is 5.56 Å². The number of methoxy groups -OCH3 is 1. The van der Waals surface area contributed by atoms with Crippen LogP contribution >= 0.6 is 27.7 Å². The Labute approximate surface area is 151 Å². The fraction of sp³-hybridized carbons (Fsp3) is 0.125. The van der Waals surface area contributed by atoms with Gasteiger partial charge in [-0.3, -0.25) is 0 Å². The Kier molecular flexibility index (Phi) is 5.06. The van der Waals surface area contributed by atoms with Crippen LogP contribution in [0, 0.1) is 5.82 Å². The predicted octanol–water partition coefficient (Wildman–Crippen LogP) is 3.86. The lowest BCUT2D eigenvalue weighted by Crippen LogP contribution is -2.11. The molecule has 1 aromatic heterocycles. The number of halogens is 2. The van der Waals surface area contributed by atoms with Gasteiger partial charge in [-0.05, 0) is 57.9 Å². The van der Waals surface area contributed by atoms with Crippen molar-refractivity contribution in [2.45, 2.75) is 10.9 Å². The minimum absolute atomic E-state index is 0.304. The third-order valence-corrected chi connectivity index (χ3v) is 4.99. The lowest BCUT2D eigenvalue weighted by molar-refractivity contribution is 0.412. The molecule has 0 saturated heterocycles. The maximum Gasteiger partial charge on any atom is 0.210 e. The van der Waals surface area contributed by atoms with Crippen LogP contribution in [-0.2, 0) is 5.75 Å². The molecular weight excluding hydrogens is 395 g/mol. The van der Waals surface area contributed by atoms with Crippen LogP contribution in [0.5, 0.6) is 5.75 Å². The zero-order valence-electron chi connectivity index (χ0n) is 12.7. The highest BCUT2D eigenvalue weighted by Crippen LogP contribution is 2.29. The quantitative estimate of drug-likeness (QED) is 0.512. The third kappa shape index (κ3) is 3.54. The number of nitrogen functional groups attached to an aromatic ring is 1. The van der Waals surface area contributed by atoms with Crippen molar-refractivity contribution < 1.29 is 9.13 Å². The topological polar surface area (TPSA) is 66.0 Å². The Morgan fingerprint density at radius 1 is 1.21 bits per heavy atom. The van der Waals surface area contributed by atoms with Crippen LogP contribution in [0.15, 0.2) is 52.1 Å². The lowest BCUT2D eigenvalue weighted by atomic mass is 10.2. The first kappa shape index (κ1) is 16.8. The molecule has 124 valence electrons. The predicted molar refractivity (Wildman–Crippen MR) is 95.8 cm³/mol. The number of ether oxygens (including phenoxy) is 1. The standard InChI is InChI=1S/C16H14BrFN4OS/c1-23-14-7-2-10(8-13(14)17)9-24-16-21-20-15(22(16)19)11-3-5-12(18)6-4-11/h2-8H,9,19H2,1H3. The molecule has 8 heteroatoms. The molecule has 1 heterocycles. The summed E-state index contributed by atoms with van der Waals surface area (Å²) in [4.78, 5) is 0. The smallest absolute Gasteiger partial charge is 0.210 e. The van der Waals surface area contributed by atoms with Gasteiger partial charge in [-0.15, -0.1) is 10.2 Å². The van der Waals surface area contributed by atoms with Crippen LogP contribution in [0.3, 0.4) is 0 Å². The van der Waals surface area contributed by atoms with Gasteiger partial charge in [0, 0.05) is 11.3 Å². The molecule has 0 aliphatic heterocycles. The third-order valence-electron chi connectivity index (χ3n) is 3.35. The highest BCUT2D eigenvalue weighted by molar-refractivity contribution is 9.10. The van der Waals surface area contributed by atoms with Crippen molar-refractivity contribution in [2.24, 2.45) is 0 Å². The molecule has 0 aliphatic carbocycles. The van der Waals surface area contributed by atoms with Gasteiger partial charge in [0.2, 0.25) is 5.16 Å². The van der Waals surface area contributed by atoms with Gasteiger partial charge in [0.15, 0.2) is 5.82 Å². The summed E-state index contributed by atoms with van der Waals surface area (Å²) in [5, 5.41) is 8.78.